The molecule has 1 saturated heterocycles. The second-order valence-electron chi connectivity index (χ2n) is 5.65. The molecule has 0 aromatic heterocycles. The van der Waals surface area contributed by atoms with Crippen LogP contribution in [0.4, 0.5) is 10.1 Å². The minimum atomic E-state index is -0.809. The number of nitrogens with one attached hydrogen (secondary N) is 1. The van der Waals surface area contributed by atoms with Gasteiger partial charge in [0.05, 0.1) is 23.4 Å². The van der Waals surface area contributed by atoms with E-state index in [4.69, 9.17) is 22.1 Å². The van der Waals surface area contributed by atoms with Gasteiger partial charge in [-0.3, -0.25) is 4.79 Å². The first kappa shape index (κ1) is 16.2. The molecule has 116 valence electrons. The monoisotopic (exact) mass is 314 g/mol. The van der Waals surface area contributed by atoms with Gasteiger partial charge in [0.1, 0.15) is 11.4 Å². The third-order valence-corrected chi connectivity index (χ3v) is 4.00. The molecule has 4 nitrogen and oxygen atoms in total. The molecule has 1 heterocycles. The Hall–Kier alpha value is -1.17. The Morgan fingerprint density at radius 3 is 2.81 bits per heavy atom. The largest absolute Gasteiger partial charge is 0.395 e. The summed E-state index contributed by atoms with van der Waals surface area (Å²) in [7, 11) is 0. The summed E-state index contributed by atoms with van der Waals surface area (Å²) in [6.45, 7) is 4.81. The van der Waals surface area contributed by atoms with E-state index in [0.29, 0.717) is 6.42 Å². The molecule has 1 atom stereocenters. The topological polar surface area (TPSA) is 64.3 Å². The first-order chi connectivity index (χ1) is 9.85. The average molecular weight is 315 g/mol. The van der Waals surface area contributed by atoms with Gasteiger partial charge < -0.3 is 15.8 Å². The van der Waals surface area contributed by atoms with Crippen LogP contribution in [0.15, 0.2) is 12.1 Å². The molecule has 0 bridgehead atoms. The molecule has 1 fully saturated rings. The predicted octanol–water partition coefficient (Wildman–Crippen LogP) is 2.79. The highest BCUT2D eigenvalue weighted by molar-refractivity contribution is 6.33. The van der Waals surface area contributed by atoms with Gasteiger partial charge in [-0.2, -0.15) is 0 Å². The molecule has 3 N–H and O–H groups in total. The molecule has 6 heteroatoms. The molecule has 0 amide bonds. The maximum absolute atomic E-state index is 13.7. The van der Waals surface area contributed by atoms with Crippen molar-refractivity contribution in [1.82, 2.24) is 5.32 Å². The van der Waals surface area contributed by atoms with Gasteiger partial charge in [0.15, 0.2) is 5.78 Å². The molecular weight excluding hydrogens is 295 g/mol. The molecule has 1 aliphatic rings. The molecule has 1 aromatic rings. The number of ketones is 1. The number of Topliss-reactive ketones (excluding diaryl/α,β-unsaturated/α-hetero) is 1. The highest BCUT2D eigenvalue weighted by atomic mass is 35.5. The third-order valence-electron chi connectivity index (χ3n) is 3.68. The van der Waals surface area contributed by atoms with E-state index < -0.39 is 11.4 Å². The van der Waals surface area contributed by atoms with E-state index in [-0.39, 0.29) is 34.8 Å². The summed E-state index contributed by atoms with van der Waals surface area (Å²) in [4.78, 5) is 12.8. The van der Waals surface area contributed by atoms with E-state index in [0.717, 1.165) is 19.0 Å². The highest BCUT2D eigenvalue weighted by Crippen LogP contribution is 2.29. The zero-order valence-electron chi connectivity index (χ0n) is 12.2. The zero-order chi connectivity index (χ0) is 15.6. The lowest BCUT2D eigenvalue weighted by Crippen LogP contribution is -2.52. The lowest BCUT2D eigenvalue weighted by molar-refractivity contribution is 0.0313. The van der Waals surface area contributed by atoms with Crippen LogP contribution in [0.3, 0.4) is 0 Å². The van der Waals surface area contributed by atoms with Crippen molar-refractivity contribution in [3.63, 3.8) is 0 Å². The fourth-order valence-electron chi connectivity index (χ4n) is 2.49. The number of nitrogens with two attached hydrogens (primary N) is 1. The minimum Gasteiger partial charge on any atom is -0.395 e. The second kappa shape index (κ2) is 6.30. The summed E-state index contributed by atoms with van der Waals surface area (Å²) in [6.07, 6.45) is 1.55. The minimum absolute atomic E-state index is 0.0174. The van der Waals surface area contributed by atoms with E-state index in [2.05, 4.69) is 5.32 Å². The molecular formula is C15H20ClFN2O2. The fourth-order valence-corrected chi connectivity index (χ4v) is 2.70. The molecule has 0 saturated carbocycles. The van der Waals surface area contributed by atoms with Crippen molar-refractivity contribution in [2.75, 3.05) is 18.9 Å². The Balaban J connectivity index is 2.30. The molecule has 2 rings (SSSR count). The van der Waals surface area contributed by atoms with Crippen molar-refractivity contribution < 1.29 is 13.9 Å². The Bertz CT molecular complexity index is 519. The van der Waals surface area contributed by atoms with Crippen LogP contribution < -0.4 is 11.1 Å². The summed E-state index contributed by atoms with van der Waals surface area (Å²) >= 11 is 5.87. The van der Waals surface area contributed by atoms with E-state index in [1.54, 1.807) is 0 Å². The first-order valence-corrected chi connectivity index (χ1v) is 7.39. The summed E-state index contributed by atoms with van der Waals surface area (Å²) in [5.74, 6) is -0.884. The number of rotatable bonds is 5. The Kier molecular flexibility index (Phi) is 4.86. The number of anilines is 1. The quantitative estimate of drug-likeness (QED) is 0.648. The summed E-state index contributed by atoms with van der Waals surface area (Å²) < 4.78 is 19.3. The third kappa shape index (κ3) is 3.36. The van der Waals surface area contributed by atoms with Gasteiger partial charge in [0.25, 0.3) is 0 Å². The predicted molar refractivity (Wildman–Crippen MR) is 81.2 cm³/mol. The Labute approximate surface area is 128 Å². The number of nitrogen functional groups attached to an aromatic ring is 1. The van der Waals surface area contributed by atoms with Crippen molar-refractivity contribution >= 4 is 23.1 Å². The normalized spacial score (nSPS) is 22.0. The lowest BCUT2D eigenvalue weighted by Gasteiger charge is -2.29. The standard InChI is InChI=1S/C15H20ClFN2O2/c1-9(2)21-8-15(4-3-5-19-15)14(20)10-6-11(16)13(18)12(17)7-10/h6-7,9,19H,3-5,8,18H2,1-2H3. The fraction of sp³-hybridized carbons (Fsp3) is 0.533. The maximum atomic E-state index is 13.7. The number of ether oxygens (including phenoxy) is 1. The molecule has 21 heavy (non-hydrogen) atoms. The van der Waals surface area contributed by atoms with Crippen LogP contribution in [-0.2, 0) is 4.74 Å². The maximum Gasteiger partial charge on any atom is 0.185 e. The van der Waals surface area contributed by atoms with Crippen molar-refractivity contribution in [3.05, 3.63) is 28.5 Å². The summed E-state index contributed by atoms with van der Waals surface area (Å²) in [5.41, 5.74) is 4.75. The van der Waals surface area contributed by atoms with Gasteiger partial charge in [-0.05, 0) is 45.4 Å². The second-order valence-corrected chi connectivity index (χ2v) is 6.06. The van der Waals surface area contributed by atoms with Gasteiger partial charge in [0, 0.05) is 5.56 Å². The molecule has 0 spiro atoms. The van der Waals surface area contributed by atoms with Crippen molar-refractivity contribution in [2.24, 2.45) is 0 Å². The molecule has 0 radical (unpaired) electrons. The molecule has 0 aliphatic carbocycles. The van der Waals surface area contributed by atoms with Crippen LogP contribution >= 0.6 is 11.6 Å². The lowest BCUT2D eigenvalue weighted by atomic mass is 9.88. The SMILES string of the molecule is CC(C)OCC1(C(=O)c2cc(F)c(N)c(Cl)c2)CCCN1. The van der Waals surface area contributed by atoms with E-state index >= 15 is 0 Å². The van der Waals surface area contributed by atoms with Crippen LogP contribution in [0.1, 0.15) is 37.0 Å². The van der Waals surface area contributed by atoms with Crippen LogP contribution in [0.25, 0.3) is 0 Å². The molecule has 1 unspecified atom stereocenters. The number of carbonyl (C=O) groups is 1. The van der Waals surface area contributed by atoms with Gasteiger partial charge in [-0.25, -0.2) is 4.39 Å². The molecule has 1 aliphatic heterocycles. The van der Waals surface area contributed by atoms with Crippen LogP contribution in [0.2, 0.25) is 5.02 Å². The van der Waals surface area contributed by atoms with Gasteiger partial charge >= 0.3 is 0 Å². The van der Waals surface area contributed by atoms with Crippen molar-refractivity contribution in [2.45, 2.75) is 38.3 Å². The van der Waals surface area contributed by atoms with Crippen molar-refractivity contribution in [1.29, 1.82) is 0 Å². The van der Waals surface area contributed by atoms with E-state index in [9.17, 15) is 9.18 Å². The zero-order valence-corrected chi connectivity index (χ0v) is 13.0. The van der Waals surface area contributed by atoms with Crippen molar-refractivity contribution in [3.8, 4) is 0 Å². The molecule has 1 aromatic carbocycles. The number of halogens is 2. The Morgan fingerprint density at radius 1 is 1.57 bits per heavy atom. The van der Waals surface area contributed by atoms with Crippen LogP contribution in [0.5, 0.6) is 0 Å². The summed E-state index contributed by atoms with van der Waals surface area (Å²) in [6, 6.07) is 2.56. The highest BCUT2D eigenvalue weighted by Gasteiger charge is 2.42. The Morgan fingerprint density at radius 2 is 2.29 bits per heavy atom. The van der Waals surface area contributed by atoms with E-state index in [1.807, 2.05) is 13.8 Å². The number of carbonyl (C=O) groups excluding carboxylic acids is 1. The number of hydrogen-bond acceptors (Lipinski definition) is 4. The van der Waals surface area contributed by atoms with Gasteiger partial charge in [-0.15, -0.1) is 0 Å². The first-order valence-electron chi connectivity index (χ1n) is 7.02. The average Bonchev–Trinajstić information content (AvgIpc) is 2.91. The number of benzene rings is 1. The smallest absolute Gasteiger partial charge is 0.185 e. The van der Waals surface area contributed by atoms with Gasteiger partial charge in [-0.1, -0.05) is 11.6 Å². The summed E-state index contributed by atoms with van der Waals surface area (Å²) in [5, 5.41) is 3.26. The van der Waals surface area contributed by atoms with Crippen LogP contribution in [0, 0.1) is 5.82 Å². The van der Waals surface area contributed by atoms with E-state index in [1.165, 1.54) is 6.07 Å². The van der Waals surface area contributed by atoms with Gasteiger partial charge in [0.2, 0.25) is 0 Å². The van der Waals surface area contributed by atoms with Crippen LogP contribution in [-0.4, -0.2) is 30.6 Å². The number of hydrogen-bond donors (Lipinski definition) is 2.